The average Bonchev–Trinajstić information content (AvgIpc) is 2.83. The number of aromatic amines is 1. The Morgan fingerprint density at radius 2 is 1.72 bits per heavy atom. The van der Waals surface area contributed by atoms with Gasteiger partial charge in [0.1, 0.15) is 5.39 Å². The van der Waals surface area contributed by atoms with E-state index in [1.807, 2.05) is 0 Å². The molecule has 0 bridgehead atoms. The number of aromatic nitrogens is 2. The van der Waals surface area contributed by atoms with Gasteiger partial charge in [-0.25, -0.2) is 18.0 Å². The second-order valence-corrected chi connectivity index (χ2v) is 3.51. The highest BCUT2D eigenvalue weighted by Crippen LogP contribution is 2.29. The van der Waals surface area contributed by atoms with Crippen LogP contribution in [0.15, 0.2) is 15.4 Å². The number of H-pyrrole nitrogens is 1. The van der Waals surface area contributed by atoms with Crippen molar-refractivity contribution < 1.29 is 22.0 Å². The van der Waals surface area contributed by atoms with Crippen LogP contribution in [-0.2, 0) is 0 Å². The maximum absolute atomic E-state index is 13.6. The van der Waals surface area contributed by atoms with Crippen LogP contribution in [0.4, 0.5) is 17.6 Å². The molecule has 8 heteroatoms. The molecule has 0 radical (unpaired) electrons. The van der Waals surface area contributed by atoms with E-state index in [0.29, 0.717) is 0 Å². The van der Waals surface area contributed by atoms with E-state index < -0.39 is 39.9 Å². The molecule has 0 saturated heterocycles. The fourth-order valence-electron chi connectivity index (χ4n) is 1.71. The lowest BCUT2D eigenvalue weighted by atomic mass is 10.1. The van der Waals surface area contributed by atoms with Gasteiger partial charge in [0.2, 0.25) is 11.6 Å². The summed E-state index contributed by atoms with van der Waals surface area (Å²) in [5.41, 5.74) is -2.28. The molecular formula is C10H2F4N2O2. The Morgan fingerprint density at radius 3 is 2.44 bits per heavy atom. The van der Waals surface area contributed by atoms with E-state index >= 15 is 0 Å². The zero-order chi connectivity index (χ0) is 13.0. The number of benzene rings is 1. The van der Waals surface area contributed by atoms with Gasteiger partial charge in [-0.3, -0.25) is 5.10 Å². The van der Waals surface area contributed by atoms with Crippen LogP contribution in [-0.4, -0.2) is 10.2 Å². The summed E-state index contributed by atoms with van der Waals surface area (Å²) in [4.78, 5) is 11.4. The van der Waals surface area contributed by atoms with Gasteiger partial charge in [0.15, 0.2) is 17.2 Å². The van der Waals surface area contributed by atoms with Crippen LogP contribution in [0.1, 0.15) is 0 Å². The van der Waals surface area contributed by atoms with Gasteiger partial charge in [0.25, 0.3) is 0 Å². The predicted molar refractivity (Wildman–Crippen MR) is 52.0 cm³/mol. The van der Waals surface area contributed by atoms with Crippen molar-refractivity contribution in [2.75, 3.05) is 0 Å². The Labute approximate surface area is 94.8 Å². The molecule has 2 heterocycles. The van der Waals surface area contributed by atoms with E-state index in [-0.39, 0.29) is 10.9 Å². The maximum Gasteiger partial charge on any atom is 0.347 e. The minimum absolute atomic E-state index is 0.188. The lowest BCUT2D eigenvalue weighted by Crippen LogP contribution is -2.04. The Bertz CT molecular complexity index is 853. The molecule has 4 nitrogen and oxygen atoms in total. The third-order valence-corrected chi connectivity index (χ3v) is 2.53. The molecule has 3 aromatic rings. The standard InChI is InChI=1S/C10H2F4N2O2/c11-4-3-8-2(1-15-16-8)10(17)18-9(3)7(14)6(13)5(4)12/h1H,(H,15,16). The van der Waals surface area contributed by atoms with Crippen LogP contribution in [0.5, 0.6) is 0 Å². The lowest BCUT2D eigenvalue weighted by Gasteiger charge is -2.03. The smallest absolute Gasteiger partial charge is 0.347 e. The minimum atomic E-state index is -2.04. The maximum atomic E-state index is 13.6. The zero-order valence-electron chi connectivity index (χ0n) is 8.35. The number of hydrogen-bond acceptors (Lipinski definition) is 3. The molecule has 0 unspecified atom stereocenters. The van der Waals surface area contributed by atoms with Gasteiger partial charge < -0.3 is 4.42 Å². The van der Waals surface area contributed by atoms with Gasteiger partial charge in [0.05, 0.1) is 17.1 Å². The molecular weight excluding hydrogens is 256 g/mol. The number of nitrogens with zero attached hydrogens (tertiary/aromatic N) is 1. The molecule has 0 aliphatic carbocycles. The topological polar surface area (TPSA) is 58.9 Å². The fraction of sp³-hybridized carbons (Fsp3) is 0. The van der Waals surface area contributed by atoms with Gasteiger partial charge in [-0.1, -0.05) is 0 Å². The van der Waals surface area contributed by atoms with Crippen molar-refractivity contribution in [3.63, 3.8) is 0 Å². The first kappa shape index (κ1) is 10.8. The van der Waals surface area contributed by atoms with Gasteiger partial charge in [-0.05, 0) is 0 Å². The molecule has 0 fully saturated rings. The Morgan fingerprint density at radius 1 is 1.06 bits per heavy atom. The first-order valence-corrected chi connectivity index (χ1v) is 4.64. The average molecular weight is 258 g/mol. The summed E-state index contributed by atoms with van der Waals surface area (Å²) < 4.78 is 57.5. The van der Waals surface area contributed by atoms with E-state index in [9.17, 15) is 22.4 Å². The third kappa shape index (κ3) is 1.14. The molecule has 0 saturated carbocycles. The number of halogens is 4. The fourth-order valence-corrected chi connectivity index (χ4v) is 1.71. The lowest BCUT2D eigenvalue weighted by molar-refractivity contribution is 0.406. The minimum Gasteiger partial charge on any atom is -0.419 e. The van der Waals surface area contributed by atoms with Crippen molar-refractivity contribution >= 4 is 21.9 Å². The number of rotatable bonds is 0. The zero-order valence-corrected chi connectivity index (χ0v) is 8.35. The van der Waals surface area contributed by atoms with Crippen molar-refractivity contribution in [1.82, 2.24) is 10.2 Å². The quantitative estimate of drug-likeness (QED) is 0.291. The summed E-state index contributed by atoms with van der Waals surface area (Å²) in [6.07, 6.45) is 1.01. The third-order valence-electron chi connectivity index (χ3n) is 2.53. The molecule has 0 atom stereocenters. The highest BCUT2D eigenvalue weighted by molar-refractivity contribution is 6.02. The summed E-state index contributed by atoms with van der Waals surface area (Å²) in [5.74, 6) is -7.44. The van der Waals surface area contributed by atoms with Crippen molar-refractivity contribution in [3.05, 3.63) is 39.9 Å². The molecule has 2 aromatic heterocycles. The molecule has 0 aliphatic heterocycles. The van der Waals surface area contributed by atoms with Gasteiger partial charge in [-0.15, -0.1) is 0 Å². The molecule has 0 amide bonds. The first-order chi connectivity index (χ1) is 8.52. The second-order valence-electron chi connectivity index (χ2n) is 3.51. The highest BCUT2D eigenvalue weighted by Gasteiger charge is 2.25. The normalized spacial score (nSPS) is 11.6. The summed E-state index contributed by atoms with van der Waals surface area (Å²) in [6, 6.07) is 0. The van der Waals surface area contributed by atoms with E-state index in [1.54, 1.807) is 0 Å². The van der Waals surface area contributed by atoms with Crippen LogP contribution in [0, 0.1) is 23.3 Å². The number of nitrogens with one attached hydrogen (secondary N) is 1. The summed E-state index contributed by atoms with van der Waals surface area (Å²) in [6.45, 7) is 0. The Kier molecular flexibility index (Phi) is 1.98. The summed E-state index contributed by atoms with van der Waals surface area (Å²) >= 11 is 0. The number of hydrogen-bond donors (Lipinski definition) is 1. The molecule has 0 aliphatic rings. The number of fused-ring (bicyclic) bond motifs is 3. The predicted octanol–water partition coefficient (Wildman–Crippen LogP) is 2.23. The van der Waals surface area contributed by atoms with Crippen LogP contribution < -0.4 is 5.63 Å². The van der Waals surface area contributed by atoms with Crippen LogP contribution in [0.3, 0.4) is 0 Å². The molecule has 3 rings (SSSR count). The van der Waals surface area contributed by atoms with Gasteiger partial charge in [0, 0.05) is 0 Å². The van der Waals surface area contributed by atoms with E-state index in [4.69, 9.17) is 0 Å². The molecule has 0 spiro atoms. The van der Waals surface area contributed by atoms with E-state index in [2.05, 4.69) is 14.6 Å². The molecule has 92 valence electrons. The highest BCUT2D eigenvalue weighted by atomic mass is 19.2. The molecule has 1 aromatic carbocycles. The Balaban J connectivity index is 2.75. The molecule has 1 N–H and O–H groups in total. The SMILES string of the molecule is O=c1oc2c(F)c(F)c(F)c(F)c2c2[nH]ncc12. The molecule has 18 heavy (non-hydrogen) atoms. The van der Waals surface area contributed by atoms with Crippen molar-refractivity contribution in [1.29, 1.82) is 0 Å². The van der Waals surface area contributed by atoms with Gasteiger partial charge >= 0.3 is 5.63 Å². The Hall–Kier alpha value is -2.38. The van der Waals surface area contributed by atoms with Gasteiger partial charge in [-0.2, -0.15) is 9.49 Å². The van der Waals surface area contributed by atoms with Crippen LogP contribution in [0.2, 0.25) is 0 Å². The van der Waals surface area contributed by atoms with Crippen LogP contribution >= 0.6 is 0 Å². The monoisotopic (exact) mass is 258 g/mol. The second kappa shape index (κ2) is 3.31. The van der Waals surface area contributed by atoms with E-state index in [1.165, 1.54) is 0 Å². The summed E-state index contributed by atoms with van der Waals surface area (Å²) in [7, 11) is 0. The van der Waals surface area contributed by atoms with E-state index in [0.717, 1.165) is 6.20 Å². The largest absolute Gasteiger partial charge is 0.419 e. The van der Waals surface area contributed by atoms with Crippen molar-refractivity contribution in [2.45, 2.75) is 0 Å². The van der Waals surface area contributed by atoms with Crippen molar-refractivity contribution in [2.24, 2.45) is 0 Å². The van der Waals surface area contributed by atoms with Crippen LogP contribution in [0.25, 0.3) is 21.9 Å². The first-order valence-electron chi connectivity index (χ1n) is 4.64. The van der Waals surface area contributed by atoms with Crippen molar-refractivity contribution in [3.8, 4) is 0 Å². The summed E-state index contributed by atoms with van der Waals surface area (Å²) in [5, 5.41) is 4.77.